The van der Waals surface area contributed by atoms with E-state index in [-0.39, 0.29) is 0 Å². The Hall–Kier alpha value is -3.66. The Morgan fingerprint density at radius 3 is 2.30 bits per heavy atom. The first-order chi connectivity index (χ1) is 15.7. The summed E-state index contributed by atoms with van der Waals surface area (Å²) in [5.41, 5.74) is 2.68. The van der Waals surface area contributed by atoms with E-state index < -0.39 is 18.2 Å². The number of rotatable bonds is 8. The predicted octanol–water partition coefficient (Wildman–Crippen LogP) is 4.71. The van der Waals surface area contributed by atoms with Crippen LogP contribution in [0.15, 0.2) is 67.0 Å². The fourth-order valence-corrected chi connectivity index (χ4v) is 2.55. The SMILES string of the molecule is CCCOc1ccc(-c2cc(NC[C@H](O)c3ccccc3)ncn2)cc1.O=C(O)C(F)(F)F. The van der Waals surface area contributed by atoms with Gasteiger partial charge in [-0.25, -0.2) is 14.8 Å². The van der Waals surface area contributed by atoms with Gasteiger partial charge in [-0.1, -0.05) is 37.3 Å². The maximum atomic E-state index is 10.6. The minimum absolute atomic E-state index is 0.379. The highest BCUT2D eigenvalue weighted by atomic mass is 19.4. The molecule has 0 amide bonds. The molecule has 176 valence electrons. The Labute approximate surface area is 188 Å². The second-order valence-electron chi connectivity index (χ2n) is 6.77. The summed E-state index contributed by atoms with van der Waals surface area (Å²) in [6, 6.07) is 19.3. The molecule has 10 heteroatoms. The van der Waals surface area contributed by atoms with Crippen LogP contribution in [0.25, 0.3) is 11.3 Å². The Morgan fingerprint density at radius 1 is 1.09 bits per heavy atom. The van der Waals surface area contributed by atoms with Gasteiger partial charge in [0.25, 0.3) is 0 Å². The van der Waals surface area contributed by atoms with Crippen molar-refractivity contribution < 1.29 is 32.9 Å². The Kier molecular flexibility index (Phi) is 9.62. The van der Waals surface area contributed by atoms with Crippen LogP contribution in [0.3, 0.4) is 0 Å². The molecule has 0 fully saturated rings. The quantitative estimate of drug-likeness (QED) is 0.444. The van der Waals surface area contributed by atoms with E-state index in [1.165, 1.54) is 6.33 Å². The lowest BCUT2D eigenvalue weighted by Gasteiger charge is -2.13. The Balaban J connectivity index is 0.000000479. The zero-order valence-electron chi connectivity index (χ0n) is 17.8. The normalized spacial score (nSPS) is 11.7. The van der Waals surface area contributed by atoms with Gasteiger partial charge in [0.2, 0.25) is 0 Å². The van der Waals surface area contributed by atoms with Gasteiger partial charge in [-0.2, -0.15) is 13.2 Å². The number of alkyl halides is 3. The third-order valence-corrected chi connectivity index (χ3v) is 4.19. The largest absolute Gasteiger partial charge is 0.494 e. The smallest absolute Gasteiger partial charge is 0.490 e. The zero-order chi connectivity index (χ0) is 24.3. The van der Waals surface area contributed by atoms with Gasteiger partial charge < -0.3 is 20.3 Å². The van der Waals surface area contributed by atoms with Crippen LogP contribution in [-0.4, -0.2) is 45.5 Å². The van der Waals surface area contributed by atoms with Crippen LogP contribution in [0, 0.1) is 0 Å². The van der Waals surface area contributed by atoms with Crippen molar-refractivity contribution in [1.29, 1.82) is 0 Å². The third-order valence-electron chi connectivity index (χ3n) is 4.19. The van der Waals surface area contributed by atoms with E-state index in [9.17, 15) is 18.3 Å². The fraction of sp³-hybridized carbons (Fsp3) is 0.261. The number of benzene rings is 2. The number of carboxylic acids is 1. The summed E-state index contributed by atoms with van der Waals surface area (Å²) < 4.78 is 37.3. The van der Waals surface area contributed by atoms with Crippen LogP contribution in [-0.2, 0) is 4.79 Å². The van der Waals surface area contributed by atoms with Crippen molar-refractivity contribution in [2.45, 2.75) is 25.6 Å². The van der Waals surface area contributed by atoms with Crippen molar-refractivity contribution in [1.82, 2.24) is 9.97 Å². The number of aliphatic carboxylic acids is 1. The van der Waals surface area contributed by atoms with Crippen molar-refractivity contribution in [3.05, 3.63) is 72.6 Å². The Morgan fingerprint density at radius 2 is 1.73 bits per heavy atom. The van der Waals surface area contributed by atoms with Gasteiger partial charge in [-0.05, 0) is 36.2 Å². The van der Waals surface area contributed by atoms with Gasteiger partial charge in [0, 0.05) is 18.2 Å². The van der Waals surface area contributed by atoms with Crippen molar-refractivity contribution in [2.75, 3.05) is 18.5 Å². The minimum Gasteiger partial charge on any atom is -0.494 e. The number of anilines is 1. The number of aliphatic hydroxyl groups is 1. The summed E-state index contributed by atoms with van der Waals surface area (Å²) in [5, 5.41) is 20.5. The molecule has 0 saturated heterocycles. The van der Waals surface area contributed by atoms with Crippen molar-refractivity contribution in [3.8, 4) is 17.0 Å². The molecule has 1 aromatic heterocycles. The molecule has 3 rings (SSSR count). The first-order valence-corrected chi connectivity index (χ1v) is 10.0. The summed E-state index contributed by atoms with van der Waals surface area (Å²) in [7, 11) is 0. The molecule has 2 aromatic carbocycles. The number of hydrogen-bond donors (Lipinski definition) is 3. The van der Waals surface area contributed by atoms with E-state index in [2.05, 4.69) is 22.2 Å². The van der Waals surface area contributed by atoms with E-state index in [1.54, 1.807) is 0 Å². The van der Waals surface area contributed by atoms with Crippen LogP contribution in [0.4, 0.5) is 19.0 Å². The maximum absolute atomic E-state index is 10.6. The van der Waals surface area contributed by atoms with Crippen LogP contribution in [0.5, 0.6) is 5.75 Å². The van der Waals surface area contributed by atoms with Crippen LogP contribution < -0.4 is 10.1 Å². The van der Waals surface area contributed by atoms with Crippen LogP contribution in [0.2, 0.25) is 0 Å². The van der Waals surface area contributed by atoms with Gasteiger partial charge in [-0.3, -0.25) is 0 Å². The number of aliphatic hydroxyl groups excluding tert-OH is 1. The number of nitrogens with zero attached hydrogens (tertiary/aromatic N) is 2. The molecule has 1 heterocycles. The molecule has 0 spiro atoms. The molecule has 0 unspecified atom stereocenters. The average Bonchev–Trinajstić information content (AvgIpc) is 2.82. The van der Waals surface area contributed by atoms with Gasteiger partial charge in [0.05, 0.1) is 18.4 Å². The molecule has 3 aromatic rings. The Bertz CT molecular complexity index is 1000. The van der Waals surface area contributed by atoms with Gasteiger partial charge in [0.1, 0.15) is 17.9 Å². The van der Waals surface area contributed by atoms with Gasteiger partial charge in [0.15, 0.2) is 0 Å². The molecule has 3 N–H and O–H groups in total. The highest BCUT2D eigenvalue weighted by molar-refractivity contribution is 5.73. The molecule has 0 saturated carbocycles. The van der Waals surface area contributed by atoms with E-state index in [0.29, 0.717) is 19.0 Å². The highest BCUT2D eigenvalue weighted by Gasteiger charge is 2.38. The second-order valence-corrected chi connectivity index (χ2v) is 6.77. The molecule has 0 aliphatic carbocycles. The van der Waals surface area contributed by atoms with E-state index in [0.717, 1.165) is 29.0 Å². The maximum Gasteiger partial charge on any atom is 0.490 e. The molecule has 0 radical (unpaired) electrons. The summed E-state index contributed by atoms with van der Waals surface area (Å²) in [6.45, 7) is 3.17. The average molecular weight is 463 g/mol. The topological polar surface area (TPSA) is 105 Å². The minimum atomic E-state index is -5.08. The van der Waals surface area contributed by atoms with Crippen LogP contribution >= 0.6 is 0 Å². The lowest BCUT2D eigenvalue weighted by atomic mass is 10.1. The molecule has 0 bridgehead atoms. The molecule has 0 aliphatic heterocycles. The number of hydrogen-bond acceptors (Lipinski definition) is 6. The predicted molar refractivity (Wildman–Crippen MR) is 117 cm³/mol. The highest BCUT2D eigenvalue weighted by Crippen LogP contribution is 2.22. The molecular weight excluding hydrogens is 439 g/mol. The van der Waals surface area contributed by atoms with E-state index in [1.807, 2.05) is 60.7 Å². The molecular formula is C23H24F3N3O4. The number of nitrogens with one attached hydrogen (secondary N) is 1. The molecule has 0 aliphatic rings. The standard InChI is InChI=1S/C21H23N3O2.C2HF3O2/c1-2-12-26-18-10-8-16(9-11-18)19-13-21(24-15-23-19)22-14-20(25)17-6-4-3-5-7-17;3-2(4,5)1(6)7/h3-11,13,15,20,25H,2,12,14H2,1H3,(H,22,23,24);(H,6,7)/t20-;/m0./s1. The van der Waals surface area contributed by atoms with Crippen molar-refractivity contribution in [3.63, 3.8) is 0 Å². The molecule has 1 atom stereocenters. The first kappa shape index (κ1) is 25.6. The fourth-order valence-electron chi connectivity index (χ4n) is 2.55. The van der Waals surface area contributed by atoms with E-state index in [4.69, 9.17) is 14.6 Å². The second kappa shape index (κ2) is 12.4. The first-order valence-electron chi connectivity index (χ1n) is 10.0. The van der Waals surface area contributed by atoms with Gasteiger partial charge >= 0.3 is 12.1 Å². The lowest BCUT2D eigenvalue weighted by molar-refractivity contribution is -0.192. The van der Waals surface area contributed by atoms with Gasteiger partial charge in [-0.15, -0.1) is 0 Å². The monoisotopic (exact) mass is 463 g/mol. The number of halogens is 3. The summed E-state index contributed by atoms with van der Waals surface area (Å²) in [4.78, 5) is 17.5. The van der Waals surface area contributed by atoms with Crippen molar-refractivity contribution in [2.24, 2.45) is 0 Å². The molecule has 33 heavy (non-hydrogen) atoms. The zero-order valence-corrected chi connectivity index (χ0v) is 17.8. The number of carboxylic acid groups (broad SMARTS) is 1. The summed E-state index contributed by atoms with van der Waals surface area (Å²) in [5.74, 6) is -1.22. The van der Waals surface area contributed by atoms with E-state index >= 15 is 0 Å². The summed E-state index contributed by atoms with van der Waals surface area (Å²) >= 11 is 0. The van der Waals surface area contributed by atoms with Crippen molar-refractivity contribution >= 4 is 11.8 Å². The third kappa shape index (κ3) is 8.77. The van der Waals surface area contributed by atoms with Crippen LogP contribution in [0.1, 0.15) is 25.0 Å². The summed E-state index contributed by atoms with van der Waals surface area (Å²) in [6.07, 6.45) is -3.17. The number of aromatic nitrogens is 2. The number of ether oxygens (including phenoxy) is 1. The number of carbonyl (C=O) groups is 1. The molecule has 7 nitrogen and oxygen atoms in total. The lowest BCUT2D eigenvalue weighted by Crippen LogP contribution is -2.21.